The molecule has 0 bridgehead atoms. The Bertz CT molecular complexity index is 1250. The van der Waals surface area contributed by atoms with Crippen LogP contribution in [0.3, 0.4) is 0 Å². The molecule has 0 spiro atoms. The molecule has 0 atom stereocenters. The second-order valence-corrected chi connectivity index (χ2v) is 7.50. The Morgan fingerprint density at radius 1 is 0.938 bits per heavy atom. The van der Waals surface area contributed by atoms with Gasteiger partial charge in [-0.05, 0) is 54.1 Å². The molecule has 4 rings (SSSR count). The monoisotopic (exact) mass is 472 g/mol. The Hall–Kier alpha value is -3.55. The number of halogens is 3. The Kier molecular flexibility index (Phi) is 6.30. The van der Waals surface area contributed by atoms with Crippen LogP contribution in [0.4, 0.5) is 10.1 Å². The predicted octanol–water partition coefficient (Wildman–Crippen LogP) is 5.27. The molecule has 0 aliphatic carbocycles. The maximum absolute atomic E-state index is 13.4. The molecule has 1 aliphatic rings. The summed E-state index contributed by atoms with van der Waals surface area (Å²) in [5.74, 6) is -0.746. The first-order chi connectivity index (χ1) is 15.4. The van der Waals surface area contributed by atoms with Gasteiger partial charge in [-0.15, -0.1) is 0 Å². The van der Waals surface area contributed by atoms with E-state index in [2.05, 4.69) is 10.6 Å². The molecule has 9 heteroatoms. The molecular weight excluding hydrogens is 458 g/mol. The van der Waals surface area contributed by atoms with E-state index in [4.69, 9.17) is 32.7 Å². The van der Waals surface area contributed by atoms with E-state index in [9.17, 15) is 14.0 Å². The van der Waals surface area contributed by atoms with Crippen LogP contribution in [0.1, 0.15) is 15.9 Å². The van der Waals surface area contributed by atoms with Gasteiger partial charge >= 0.3 is 0 Å². The van der Waals surface area contributed by atoms with E-state index in [0.717, 1.165) is 6.07 Å². The van der Waals surface area contributed by atoms with E-state index in [0.29, 0.717) is 17.1 Å². The second kappa shape index (κ2) is 9.30. The lowest BCUT2D eigenvalue weighted by Gasteiger charge is -2.12. The van der Waals surface area contributed by atoms with Gasteiger partial charge < -0.3 is 20.1 Å². The quantitative estimate of drug-likeness (QED) is 0.495. The number of nitrogens with one attached hydrogen (secondary N) is 2. The third kappa shape index (κ3) is 4.85. The van der Waals surface area contributed by atoms with E-state index in [-0.39, 0.29) is 33.8 Å². The van der Waals surface area contributed by atoms with Crippen molar-refractivity contribution in [3.05, 3.63) is 93.4 Å². The van der Waals surface area contributed by atoms with Gasteiger partial charge in [-0.25, -0.2) is 4.39 Å². The number of rotatable bonds is 5. The topological polar surface area (TPSA) is 76.7 Å². The van der Waals surface area contributed by atoms with Crippen molar-refractivity contribution >= 4 is 46.8 Å². The Morgan fingerprint density at radius 2 is 1.72 bits per heavy atom. The molecule has 0 radical (unpaired) electrons. The van der Waals surface area contributed by atoms with Crippen LogP contribution in [0, 0.1) is 5.82 Å². The zero-order valence-electron chi connectivity index (χ0n) is 16.3. The van der Waals surface area contributed by atoms with Gasteiger partial charge in [0, 0.05) is 5.69 Å². The van der Waals surface area contributed by atoms with Crippen molar-refractivity contribution in [2.45, 2.75) is 0 Å². The van der Waals surface area contributed by atoms with Crippen LogP contribution in [-0.2, 0) is 4.79 Å². The number of carbonyl (C=O) groups is 2. The molecule has 0 saturated carbocycles. The summed E-state index contributed by atoms with van der Waals surface area (Å²) in [6.07, 6.45) is 1.47. The van der Waals surface area contributed by atoms with Gasteiger partial charge in [-0.2, -0.15) is 0 Å². The standard InChI is InChI=1S/C23H15Cl2FN2O4/c24-16-4-2-1-3-15(16)22(29)28-19(9-13-5-8-20-21(10-13)32-12-31-20)23(30)27-14-6-7-18(26)17(25)11-14/h1-11H,12H2,(H,27,30)(H,28,29). The van der Waals surface area contributed by atoms with Gasteiger partial charge in [0.25, 0.3) is 11.8 Å². The van der Waals surface area contributed by atoms with Gasteiger partial charge in [0.1, 0.15) is 11.5 Å². The molecule has 162 valence electrons. The molecule has 3 aromatic rings. The van der Waals surface area contributed by atoms with E-state index >= 15 is 0 Å². The summed E-state index contributed by atoms with van der Waals surface area (Å²) < 4.78 is 24.1. The van der Waals surface area contributed by atoms with Crippen LogP contribution in [0.5, 0.6) is 11.5 Å². The molecule has 2 N–H and O–H groups in total. The van der Waals surface area contributed by atoms with Crippen molar-refractivity contribution < 1.29 is 23.5 Å². The first-order valence-corrected chi connectivity index (χ1v) is 10.1. The van der Waals surface area contributed by atoms with E-state index in [1.165, 1.54) is 24.3 Å². The lowest BCUT2D eigenvalue weighted by atomic mass is 10.1. The largest absolute Gasteiger partial charge is 0.454 e. The van der Waals surface area contributed by atoms with Gasteiger partial charge in [0.2, 0.25) is 6.79 Å². The highest BCUT2D eigenvalue weighted by molar-refractivity contribution is 6.34. The third-order valence-corrected chi connectivity index (χ3v) is 5.12. The fourth-order valence-corrected chi connectivity index (χ4v) is 3.34. The molecule has 0 saturated heterocycles. The molecule has 2 amide bonds. The SMILES string of the molecule is O=C(Nc1ccc(F)c(Cl)c1)C(=Cc1ccc2c(c1)OCO2)NC(=O)c1ccccc1Cl. The Labute approximate surface area is 192 Å². The summed E-state index contributed by atoms with van der Waals surface area (Å²) >= 11 is 11.9. The van der Waals surface area contributed by atoms with Crippen molar-refractivity contribution in [3.8, 4) is 11.5 Å². The van der Waals surface area contributed by atoms with Crippen molar-refractivity contribution in [1.29, 1.82) is 0 Å². The molecule has 32 heavy (non-hydrogen) atoms. The third-order valence-electron chi connectivity index (χ3n) is 4.50. The summed E-state index contributed by atoms with van der Waals surface area (Å²) in [5, 5.41) is 5.26. The highest BCUT2D eigenvalue weighted by Gasteiger charge is 2.18. The molecular formula is C23H15Cl2FN2O4. The van der Waals surface area contributed by atoms with Gasteiger partial charge in [-0.1, -0.05) is 41.4 Å². The first-order valence-electron chi connectivity index (χ1n) is 9.34. The number of hydrogen-bond donors (Lipinski definition) is 2. The fraction of sp³-hybridized carbons (Fsp3) is 0.0435. The molecule has 0 aromatic heterocycles. The van der Waals surface area contributed by atoms with E-state index in [1.807, 2.05) is 0 Å². The zero-order chi connectivity index (χ0) is 22.7. The predicted molar refractivity (Wildman–Crippen MR) is 119 cm³/mol. The maximum atomic E-state index is 13.4. The van der Waals surface area contributed by atoms with Gasteiger partial charge in [0.05, 0.1) is 15.6 Å². The normalized spacial score (nSPS) is 12.4. The fourth-order valence-electron chi connectivity index (χ4n) is 2.94. The minimum Gasteiger partial charge on any atom is -0.454 e. The van der Waals surface area contributed by atoms with Crippen LogP contribution in [-0.4, -0.2) is 18.6 Å². The molecule has 1 aliphatic heterocycles. The number of anilines is 1. The van der Waals surface area contributed by atoms with Crippen LogP contribution in [0.25, 0.3) is 6.08 Å². The molecule has 1 heterocycles. The van der Waals surface area contributed by atoms with Crippen LogP contribution in [0.2, 0.25) is 10.0 Å². The Morgan fingerprint density at radius 3 is 2.50 bits per heavy atom. The smallest absolute Gasteiger partial charge is 0.272 e. The van der Waals surface area contributed by atoms with Crippen molar-refractivity contribution in [2.75, 3.05) is 12.1 Å². The minimum absolute atomic E-state index is 0.0748. The van der Waals surface area contributed by atoms with Gasteiger partial charge in [0.15, 0.2) is 11.5 Å². The number of carbonyl (C=O) groups excluding carboxylic acids is 2. The summed E-state index contributed by atoms with van der Waals surface area (Å²) in [6.45, 7) is 0.102. The van der Waals surface area contributed by atoms with Crippen molar-refractivity contribution in [1.82, 2.24) is 5.32 Å². The van der Waals surface area contributed by atoms with E-state index < -0.39 is 17.6 Å². The molecule has 3 aromatic carbocycles. The lowest BCUT2D eigenvalue weighted by molar-refractivity contribution is -0.113. The number of hydrogen-bond acceptors (Lipinski definition) is 4. The summed E-state index contributed by atoms with van der Waals surface area (Å²) in [5.41, 5.74) is 0.957. The lowest BCUT2D eigenvalue weighted by Crippen LogP contribution is -2.31. The number of amides is 2. The highest BCUT2D eigenvalue weighted by Crippen LogP contribution is 2.33. The van der Waals surface area contributed by atoms with Crippen molar-refractivity contribution in [2.24, 2.45) is 0 Å². The maximum Gasteiger partial charge on any atom is 0.272 e. The van der Waals surface area contributed by atoms with Gasteiger partial charge in [-0.3, -0.25) is 9.59 Å². The summed E-state index contributed by atoms with van der Waals surface area (Å²) in [4.78, 5) is 25.8. The van der Waals surface area contributed by atoms with E-state index in [1.54, 1.807) is 36.4 Å². The zero-order valence-corrected chi connectivity index (χ0v) is 17.8. The molecule has 0 unspecified atom stereocenters. The first kappa shape index (κ1) is 21.7. The Balaban J connectivity index is 1.65. The number of benzene rings is 3. The summed E-state index contributed by atoms with van der Waals surface area (Å²) in [7, 11) is 0. The average molecular weight is 473 g/mol. The average Bonchev–Trinajstić information content (AvgIpc) is 3.24. The van der Waals surface area contributed by atoms with Crippen LogP contribution in [0.15, 0.2) is 66.4 Å². The minimum atomic E-state index is -0.647. The van der Waals surface area contributed by atoms with Crippen molar-refractivity contribution in [3.63, 3.8) is 0 Å². The number of fused-ring (bicyclic) bond motifs is 1. The van der Waals surface area contributed by atoms with Crippen LogP contribution >= 0.6 is 23.2 Å². The summed E-state index contributed by atoms with van der Waals surface area (Å²) in [6, 6.07) is 15.3. The molecule has 0 fully saturated rings. The number of ether oxygens (including phenoxy) is 2. The highest BCUT2D eigenvalue weighted by atomic mass is 35.5. The van der Waals surface area contributed by atoms with Crippen LogP contribution < -0.4 is 20.1 Å². The second-order valence-electron chi connectivity index (χ2n) is 6.69. The molecule has 6 nitrogen and oxygen atoms in total.